The molecule has 4 atom stereocenters. The zero-order valence-electron chi connectivity index (χ0n) is 9.27. The highest BCUT2D eigenvalue weighted by atomic mass is 32.2. The smallest absolute Gasteiger partial charge is 0.110 e. The average Bonchev–Trinajstić information content (AvgIpc) is 2.35. The molecule has 0 radical (unpaired) electrons. The lowest BCUT2D eigenvalue weighted by molar-refractivity contribution is -0.157. The van der Waals surface area contributed by atoms with Gasteiger partial charge in [0, 0.05) is 11.3 Å². The van der Waals surface area contributed by atoms with Crippen molar-refractivity contribution in [3.63, 3.8) is 0 Å². The van der Waals surface area contributed by atoms with E-state index >= 15 is 0 Å². The van der Waals surface area contributed by atoms with Crippen molar-refractivity contribution in [1.82, 2.24) is 0 Å². The van der Waals surface area contributed by atoms with Gasteiger partial charge in [0.1, 0.15) is 17.6 Å². The van der Waals surface area contributed by atoms with E-state index in [1.807, 2.05) is 30.3 Å². The summed E-state index contributed by atoms with van der Waals surface area (Å²) in [5, 5.41) is 28.3. The third kappa shape index (κ3) is 3.20. The second kappa shape index (κ2) is 5.84. The molecule has 1 saturated heterocycles. The van der Waals surface area contributed by atoms with Gasteiger partial charge in [-0.15, -0.1) is 0 Å². The fraction of sp³-hybridized carbons (Fsp3) is 0.500. The van der Waals surface area contributed by atoms with Crippen LogP contribution in [0.25, 0.3) is 0 Å². The van der Waals surface area contributed by atoms with E-state index in [0.717, 1.165) is 4.90 Å². The molecule has 17 heavy (non-hydrogen) atoms. The largest absolute Gasteiger partial charge is 0.394 e. The third-order valence-electron chi connectivity index (χ3n) is 2.73. The van der Waals surface area contributed by atoms with E-state index in [4.69, 9.17) is 9.84 Å². The van der Waals surface area contributed by atoms with Crippen molar-refractivity contribution in [2.45, 2.75) is 35.1 Å². The molecule has 1 aliphatic rings. The molecule has 1 aromatic rings. The topological polar surface area (TPSA) is 69.9 Å². The fourth-order valence-electron chi connectivity index (χ4n) is 1.79. The molecule has 2 rings (SSSR count). The van der Waals surface area contributed by atoms with Crippen molar-refractivity contribution in [3.8, 4) is 0 Å². The van der Waals surface area contributed by atoms with Gasteiger partial charge < -0.3 is 20.1 Å². The standard InChI is InChI=1S/C12H16O4S/c13-7-10-12(15)9(14)6-11(16-10)17-8-4-2-1-3-5-8/h1-5,9-15H,6-7H2/t9-,10-,11+,12+/m1/s1. The van der Waals surface area contributed by atoms with Crippen LogP contribution < -0.4 is 0 Å². The molecule has 1 aromatic carbocycles. The molecule has 0 saturated carbocycles. The van der Waals surface area contributed by atoms with E-state index in [9.17, 15) is 10.2 Å². The molecule has 3 N–H and O–H groups in total. The Labute approximate surface area is 104 Å². The van der Waals surface area contributed by atoms with Crippen molar-refractivity contribution in [2.75, 3.05) is 6.61 Å². The van der Waals surface area contributed by atoms with Gasteiger partial charge in [0.25, 0.3) is 0 Å². The summed E-state index contributed by atoms with van der Waals surface area (Å²) in [7, 11) is 0. The van der Waals surface area contributed by atoms with E-state index < -0.39 is 18.3 Å². The Morgan fingerprint density at radius 1 is 1.24 bits per heavy atom. The van der Waals surface area contributed by atoms with Crippen molar-refractivity contribution in [2.24, 2.45) is 0 Å². The first-order valence-corrected chi connectivity index (χ1v) is 6.43. The van der Waals surface area contributed by atoms with Gasteiger partial charge in [-0.05, 0) is 12.1 Å². The van der Waals surface area contributed by atoms with Crippen LogP contribution in [-0.4, -0.2) is 45.7 Å². The number of ether oxygens (including phenoxy) is 1. The highest BCUT2D eigenvalue weighted by molar-refractivity contribution is 7.99. The lowest BCUT2D eigenvalue weighted by Crippen LogP contribution is -2.48. The summed E-state index contributed by atoms with van der Waals surface area (Å²) in [5.74, 6) is 0. The van der Waals surface area contributed by atoms with Gasteiger partial charge in [-0.2, -0.15) is 0 Å². The number of rotatable bonds is 3. The van der Waals surface area contributed by atoms with Gasteiger partial charge in [-0.1, -0.05) is 30.0 Å². The molecule has 0 bridgehead atoms. The second-order valence-corrected chi connectivity index (χ2v) is 5.24. The normalized spacial score (nSPS) is 33.6. The summed E-state index contributed by atoms with van der Waals surface area (Å²) in [4.78, 5) is 1.04. The Morgan fingerprint density at radius 3 is 2.59 bits per heavy atom. The molecule has 0 spiro atoms. The first-order chi connectivity index (χ1) is 8.20. The lowest BCUT2D eigenvalue weighted by atomic mass is 10.0. The van der Waals surface area contributed by atoms with Gasteiger partial charge >= 0.3 is 0 Å². The molecule has 0 unspecified atom stereocenters. The van der Waals surface area contributed by atoms with Crippen molar-refractivity contribution in [3.05, 3.63) is 30.3 Å². The molecule has 0 aliphatic carbocycles. The van der Waals surface area contributed by atoms with Crippen molar-refractivity contribution >= 4 is 11.8 Å². The van der Waals surface area contributed by atoms with Crippen molar-refractivity contribution in [1.29, 1.82) is 0 Å². The highest BCUT2D eigenvalue weighted by Crippen LogP contribution is 2.32. The number of aliphatic hydroxyl groups is 3. The van der Waals surface area contributed by atoms with E-state index in [2.05, 4.69) is 0 Å². The molecule has 4 nitrogen and oxygen atoms in total. The summed E-state index contributed by atoms with van der Waals surface area (Å²) in [5.41, 5.74) is -0.243. The minimum atomic E-state index is -1.01. The quantitative estimate of drug-likeness (QED) is 0.739. The first kappa shape index (κ1) is 12.9. The monoisotopic (exact) mass is 256 g/mol. The zero-order valence-corrected chi connectivity index (χ0v) is 10.1. The van der Waals surface area contributed by atoms with Gasteiger partial charge in [-0.25, -0.2) is 0 Å². The Kier molecular flexibility index (Phi) is 4.42. The summed E-state index contributed by atoms with van der Waals surface area (Å²) < 4.78 is 5.53. The lowest BCUT2D eigenvalue weighted by Gasteiger charge is -2.35. The Balaban J connectivity index is 1.98. The SMILES string of the molecule is OC[C@H]1O[C@@H](Sc2ccccc2)C[C@@H](O)[C@@H]1O. The molecular formula is C12H16O4S. The summed E-state index contributed by atoms with van der Waals surface area (Å²) in [6.45, 7) is -0.288. The van der Waals surface area contributed by atoms with E-state index in [0.29, 0.717) is 6.42 Å². The first-order valence-electron chi connectivity index (χ1n) is 5.55. The summed E-state index contributed by atoms with van der Waals surface area (Å²) >= 11 is 1.48. The molecule has 1 fully saturated rings. The summed E-state index contributed by atoms with van der Waals surface area (Å²) in [6.07, 6.45) is -2.20. The Hall–Kier alpha value is -0.590. The molecule has 0 aromatic heterocycles. The maximum atomic E-state index is 9.67. The number of aliphatic hydroxyl groups excluding tert-OH is 3. The molecule has 94 valence electrons. The average molecular weight is 256 g/mol. The third-order valence-corrected chi connectivity index (χ3v) is 3.84. The highest BCUT2D eigenvalue weighted by Gasteiger charge is 2.36. The van der Waals surface area contributed by atoms with Gasteiger partial charge in [-0.3, -0.25) is 0 Å². The molecule has 0 amide bonds. The van der Waals surface area contributed by atoms with Crippen LogP contribution in [0.4, 0.5) is 0 Å². The predicted octanol–water partition coefficient (Wildman–Crippen LogP) is 0.608. The molecular weight excluding hydrogens is 240 g/mol. The van der Waals surface area contributed by atoms with Crippen LogP contribution in [0.3, 0.4) is 0 Å². The fourth-order valence-corrected chi connectivity index (χ4v) is 2.90. The van der Waals surface area contributed by atoms with E-state index in [1.165, 1.54) is 11.8 Å². The van der Waals surface area contributed by atoms with Crippen LogP contribution in [0.15, 0.2) is 35.2 Å². The number of hydrogen-bond acceptors (Lipinski definition) is 5. The molecule has 1 heterocycles. The predicted molar refractivity (Wildman–Crippen MR) is 64.7 cm³/mol. The number of thioether (sulfide) groups is 1. The molecule has 1 aliphatic heterocycles. The van der Waals surface area contributed by atoms with Crippen LogP contribution >= 0.6 is 11.8 Å². The molecule has 5 heteroatoms. The Bertz CT molecular complexity index is 346. The van der Waals surface area contributed by atoms with Gasteiger partial charge in [0.2, 0.25) is 0 Å². The number of benzene rings is 1. The van der Waals surface area contributed by atoms with Crippen LogP contribution in [0.1, 0.15) is 6.42 Å². The second-order valence-electron chi connectivity index (χ2n) is 4.01. The maximum absolute atomic E-state index is 9.67. The van der Waals surface area contributed by atoms with Gasteiger partial charge in [0.15, 0.2) is 0 Å². The van der Waals surface area contributed by atoms with Gasteiger partial charge in [0.05, 0.1) is 12.7 Å². The van der Waals surface area contributed by atoms with Crippen LogP contribution in [0, 0.1) is 0 Å². The minimum Gasteiger partial charge on any atom is -0.394 e. The van der Waals surface area contributed by atoms with Crippen molar-refractivity contribution < 1.29 is 20.1 Å². The summed E-state index contributed by atoms with van der Waals surface area (Å²) in [6, 6.07) is 9.71. The van der Waals surface area contributed by atoms with Crippen LogP contribution in [-0.2, 0) is 4.74 Å². The maximum Gasteiger partial charge on any atom is 0.110 e. The zero-order chi connectivity index (χ0) is 12.3. The number of hydrogen-bond donors (Lipinski definition) is 3. The van der Waals surface area contributed by atoms with E-state index in [1.54, 1.807) is 0 Å². The van der Waals surface area contributed by atoms with Crippen LogP contribution in [0.5, 0.6) is 0 Å². The van der Waals surface area contributed by atoms with E-state index in [-0.39, 0.29) is 12.0 Å². The minimum absolute atomic E-state index is 0.243. The van der Waals surface area contributed by atoms with Crippen LogP contribution in [0.2, 0.25) is 0 Å². The Morgan fingerprint density at radius 2 is 1.94 bits per heavy atom.